The van der Waals surface area contributed by atoms with Crippen molar-refractivity contribution in [2.75, 3.05) is 13.1 Å². The van der Waals surface area contributed by atoms with Crippen LogP contribution in [0.5, 0.6) is 0 Å². The second-order valence-electron chi connectivity index (χ2n) is 5.53. The monoisotopic (exact) mass is 231 g/mol. The maximum Gasteiger partial charge on any atom is 0.0920 e. The SMILES string of the molecule is OC1(c2cccc(C3CCC3)c2)CCNCC1. The van der Waals surface area contributed by atoms with Gasteiger partial charge < -0.3 is 10.4 Å². The first kappa shape index (κ1) is 11.2. The fourth-order valence-corrected chi connectivity index (χ4v) is 2.95. The van der Waals surface area contributed by atoms with Crippen LogP contribution in [0, 0.1) is 0 Å². The molecule has 0 radical (unpaired) electrons. The first-order valence-electron chi connectivity index (χ1n) is 6.81. The van der Waals surface area contributed by atoms with Crippen molar-refractivity contribution in [1.82, 2.24) is 5.32 Å². The lowest BCUT2D eigenvalue weighted by Gasteiger charge is -2.34. The van der Waals surface area contributed by atoms with Crippen LogP contribution in [0.3, 0.4) is 0 Å². The van der Waals surface area contributed by atoms with Gasteiger partial charge >= 0.3 is 0 Å². The number of rotatable bonds is 2. The minimum atomic E-state index is -0.592. The van der Waals surface area contributed by atoms with Crippen molar-refractivity contribution >= 4 is 0 Å². The number of nitrogens with one attached hydrogen (secondary N) is 1. The quantitative estimate of drug-likeness (QED) is 0.819. The van der Waals surface area contributed by atoms with Crippen molar-refractivity contribution < 1.29 is 5.11 Å². The van der Waals surface area contributed by atoms with Crippen molar-refractivity contribution in [2.45, 2.75) is 43.6 Å². The molecule has 17 heavy (non-hydrogen) atoms. The van der Waals surface area contributed by atoms with Crippen LogP contribution in [-0.2, 0) is 5.60 Å². The van der Waals surface area contributed by atoms with Gasteiger partial charge in [-0.25, -0.2) is 0 Å². The van der Waals surface area contributed by atoms with Gasteiger partial charge in [0.25, 0.3) is 0 Å². The van der Waals surface area contributed by atoms with Gasteiger partial charge in [-0.3, -0.25) is 0 Å². The zero-order valence-electron chi connectivity index (χ0n) is 10.3. The highest BCUT2D eigenvalue weighted by molar-refractivity contribution is 5.31. The van der Waals surface area contributed by atoms with E-state index in [0.717, 1.165) is 37.4 Å². The molecule has 0 aromatic heterocycles. The van der Waals surface area contributed by atoms with Gasteiger partial charge in [-0.1, -0.05) is 30.7 Å². The molecule has 1 aliphatic heterocycles. The highest BCUT2D eigenvalue weighted by atomic mass is 16.3. The van der Waals surface area contributed by atoms with Gasteiger partial charge in [-0.2, -0.15) is 0 Å². The van der Waals surface area contributed by atoms with Crippen molar-refractivity contribution in [1.29, 1.82) is 0 Å². The van der Waals surface area contributed by atoms with E-state index in [4.69, 9.17) is 0 Å². The van der Waals surface area contributed by atoms with Crippen LogP contribution in [0.15, 0.2) is 24.3 Å². The van der Waals surface area contributed by atoms with Gasteiger partial charge in [0.05, 0.1) is 5.60 Å². The molecule has 0 amide bonds. The van der Waals surface area contributed by atoms with Gasteiger partial charge in [-0.05, 0) is 55.8 Å². The molecule has 2 fully saturated rings. The molecule has 0 unspecified atom stereocenters. The lowest BCUT2D eigenvalue weighted by Crippen LogP contribution is -2.39. The zero-order valence-corrected chi connectivity index (χ0v) is 10.3. The van der Waals surface area contributed by atoms with E-state index in [9.17, 15) is 5.11 Å². The molecule has 2 nitrogen and oxygen atoms in total. The first-order chi connectivity index (χ1) is 8.28. The number of hydrogen-bond donors (Lipinski definition) is 2. The normalized spacial score (nSPS) is 24.3. The fourth-order valence-electron chi connectivity index (χ4n) is 2.95. The lowest BCUT2D eigenvalue weighted by atomic mass is 9.77. The molecule has 2 aliphatic rings. The summed E-state index contributed by atoms with van der Waals surface area (Å²) in [6.07, 6.45) is 5.68. The number of piperidine rings is 1. The van der Waals surface area contributed by atoms with Gasteiger partial charge in [0.1, 0.15) is 0 Å². The van der Waals surface area contributed by atoms with Crippen molar-refractivity contribution in [3.05, 3.63) is 35.4 Å². The second-order valence-corrected chi connectivity index (χ2v) is 5.53. The summed E-state index contributed by atoms with van der Waals surface area (Å²) in [5, 5.41) is 14.0. The molecular weight excluding hydrogens is 210 g/mol. The average molecular weight is 231 g/mol. The Morgan fingerprint density at radius 3 is 2.59 bits per heavy atom. The fraction of sp³-hybridized carbons (Fsp3) is 0.600. The first-order valence-corrected chi connectivity index (χ1v) is 6.81. The van der Waals surface area contributed by atoms with Gasteiger partial charge in [-0.15, -0.1) is 0 Å². The van der Waals surface area contributed by atoms with E-state index in [2.05, 4.69) is 29.6 Å². The van der Waals surface area contributed by atoms with Gasteiger partial charge in [0.15, 0.2) is 0 Å². The van der Waals surface area contributed by atoms with Crippen LogP contribution in [0.2, 0.25) is 0 Å². The molecule has 92 valence electrons. The Hall–Kier alpha value is -0.860. The summed E-state index contributed by atoms with van der Waals surface area (Å²) >= 11 is 0. The lowest BCUT2D eigenvalue weighted by molar-refractivity contribution is 0.00583. The van der Waals surface area contributed by atoms with Crippen LogP contribution in [0.4, 0.5) is 0 Å². The molecule has 1 heterocycles. The minimum Gasteiger partial charge on any atom is -0.385 e. The molecule has 3 rings (SSSR count). The second kappa shape index (κ2) is 4.43. The van der Waals surface area contributed by atoms with Crippen LogP contribution in [0.25, 0.3) is 0 Å². The molecule has 1 aromatic carbocycles. The number of benzene rings is 1. The Kier molecular flexibility index (Phi) is 2.93. The van der Waals surface area contributed by atoms with Crippen LogP contribution in [-0.4, -0.2) is 18.2 Å². The summed E-state index contributed by atoms with van der Waals surface area (Å²) in [6, 6.07) is 8.67. The number of hydrogen-bond acceptors (Lipinski definition) is 2. The third-order valence-electron chi connectivity index (χ3n) is 4.43. The molecule has 1 saturated carbocycles. The molecule has 2 heteroatoms. The summed E-state index contributed by atoms with van der Waals surface area (Å²) in [4.78, 5) is 0. The van der Waals surface area contributed by atoms with Crippen LogP contribution >= 0.6 is 0 Å². The smallest absolute Gasteiger partial charge is 0.0920 e. The summed E-state index contributed by atoms with van der Waals surface area (Å²) < 4.78 is 0. The van der Waals surface area contributed by atoms with E-state index in [1.165, 1.54) is 24.8 Å². The Bertz CT molecular complexity index is 392. The summed E-state index contributed by atoms with van der Waals surface area (Å²) in [5.74, 6) is 0.750. The highest BCUT2D eigenvalue weighted by Crippen LogP contribution is 2.38. The van der Waals surface area contributed by atoms with Crippen LogP contribution < -0.4 is 5.32 Å². The predicted molar refractivity (Wildman–Crippen MR) is 69.0 cm³/mol. The van der Waals surface area contributed by atoms with Crippen molar-refractivity contribution in [2.24, 2.45) is 0 Å². The molecule has 0 bridgehead atoms. The van der Waals surface area contributed by atoms with Crippen molar-refractivity contribution in [3.63, 3.8) is 0 Å². The summed E-state index contributed by atoms with van der Waals surface area (Å²) in [7, 11) is 0. The molecule has 0 spiro atoms. The Morgan fingerprint density at radius 1 is 1.18 bits per heavy atom. The molecule has 2 N–H and O–H groups in total. The molecular formula is C15H21NO. The Morgan fingerprint density at radius 2 is 1.94 bits per heavy atom. The topological polar surface area (TPSA) is 32.3 Å². The molecule has 1 aromatic rings. The average Bonchev–Trinajstić information content (AvgIpc) is 2.28. The van der Waals surface area contributed by atoms with E-state index in [1.807, 2.05) is 0 Å². The van der Waals surface area contributed by atoms with E-state index in [-0.39, 0.29) is 0 Å². The largest absolute Gasteiger partial charge is 0.385 e. The van der Waals surface area contributed by atoms with Gasteiger partial charge in [0, 0.05) is 0 Å². The summed E-state index contributed by atoms with van der Waals surface area (Å²) in [5.41, 5.74) is 1.97. The molecule has 1 saturated heterocycles. The molecule has 1 aliphatic carbocycles. The maximum absolute atomic E-state index is 10.7. The van der Waals surface area contributed by atoms with E-state index >= 15 is 0 Å². The van der Waals surface area contributed by atoms with E-state index in [0.29, 0.717) is 0 Å². The third-order valence-corrected chi connectivity index (χ3v) is 4.43. The Balaban J connectivity index is 1.86. The van der Waals surface area contributed by atoms with Gasteiger partial charge in [0.2, 0.25) is 0 Å². The zero-order chi connectivity index (χ0) is 11.7. The maximum atomic E-state index is 10.7. The minimum absolute atomic E-state index is 0.592. The number of aliphatic hydroxyl groups is 1. The van der Waals surface area contributed by atoms with E-state index in [1.54, 1.807) is 0 Å². The van der Waals surface area contributed by atoms with Crippen molar-refractivity contribution in [3.8, 4) is 0 Å². The Labute approximate surface area is 103 Å². The third kappa shape index (κ3) is 2.12. The highest BCUT2D eigenvalue weighted by Gasteiger charge is 2.31. The van der Waals surface area contributed by atoms with Crippen LogP contribution in [0.1, 0.15) is 49.1 Å². The predicted octanol–water partition coefficient (Wildman–Crippen LogP) is 2.53. The standard InChI is InChI=1S/C15H21NO/c17-15(7-9-16-10-8-15)14-6-2-5-13(11-14)12-3-1-4-12/h2,5-6,11-12,16-17H,1,3-4,7-10H2. The summed E-state index contributed by atoms with van der Waals surface area (Å²) in [6.45, 7) is 1.84. The molecule has 0 atom stereocenters. The van der Waals surface area contributed by atoms with E-state index < -0.39 is 5.60 Å².